The third-order valence-electron chi connectivity index (χ3n) is 3.76. The normalized spacial score (nSPS) is 11.2. The van der Waals surface area contributed by atoms with E-state index < -0.39 is 5.63 Å². The van der Waals surface area contributed by atoms with Crippen LogP contribution in [-0.2, 0) is 0 Å². The molecule has 0 radical (unpaired) electrons. The standard InChI is InChI=1S/C20H16O3/c1-13-7-8-14(2)15(11-13)9-10-18(21)17-12-16-5-3-4-6-19(16)23-20(17)22/h3-12H,1-2H3/b10-9+. The number of carbonyl (C=O) groups is 1. The van der Waals surface area contributed by atoms with Gasteiger partial charge in [0, 0.05) is 5.39 Å². The molecule has 3 heteroatoms. The van der Waals surface area contributed by atoms with Crippen LogP contribution in [0.3, 0.4) is 0 Å². The topological polar surface area (TPSA) is 47.3 Å². The van der Waals surface area contributed by atoms with E-state index in [2.05, 4.69) is 0 Å². The summed E-state index contributed by atoms with van der Waals surface area (Å²) in [7, 11) is 0. The number of hydrogen-bond acceptors (Lipinski definition) is 3. The third kappa shape index (κ3) is 3.14. The number of aryl methyl sites for hydroxylation is 2. The Balaban J connectivity index is 1.97. The Labute approximate surface area is 133 Å². The van der Waals surface area contributed by atoms with Crippen LogP contribution in [-0.4, -0.2) is 5.78 Å². The van der Waals surface area contributed by atoms with Crippen molar-refractivity contribution in [1.82, 2.24) is 0 Å². The minimum Gasteiger partial charge on any atom is -0.422 e. The molecule has 3 rings (SSSR count). The molecule has 0 spiro atoms. The van der Waals surface area contributed by atoms with Gasteiger partial charge in [0.05, 0.1) is 0 Å². The fourth-order valence-electron chi connectivity index (χ4n) is 2.43. The van der Waals surface area contributed by atoms with Crippen LogP contribution >= 0.6 is 0 Å². The van der Waals surface area contributed by atoms with Crippen LogP contribution in [0, 0.1) is 13.8 Å². The summed E-state index contributed by atoms with van der Waals surface area (Å²) in [6.45, 7) is 3.98. The highest BCUT2D eigenvalue weighted by atomic mass is 16.4. The number of benzene rings is 2. The summed E-state index contributed by atoms with van der Waals surface area (Å²) in [5.41, 5.74) is 3.07. The number of allylic oxidation sites excluding steroid dienone is 1. The molecular weight excluding hydrogens is 288 g/mol. The minimum absolute atomic E-state index is 0.0465. The molecule has 114 valence electrons. The van der Waals surface area contributed by atoms with Crippen molar-refractivity contribution >= 4 is 22.8 Å². The zero-order valence-electron chi connectivity index (χ0n) is 13.0. The molecule has 0 unspecified atom stereocenters. The monoisotopic (exact) mass is 304 g/mol. The molecule has 0 amide bonds. The second kappa shape index (κ2) is 6.05. The van der Waals surface area contributed by atoms with Crippen molar-refractivity contribution in [3.05, 3.63) is 87.3 Å². The van der Waals surface area contributed by atoms with Gasteiger partial charge in [-0.05, 0) is 43.2 Å². The Hall–Kier alpha value is -2.94. The van der Waals surface area contributed by atoms with Crippen LogP contribution in [0.15, 0.2) is 63.8 Å². The first-order valence-electron chi connectivity index (χ1n) is 7.37. The summed E-state index contributed by atoms with van der Waals surface area (Å²) in [6, 6.07) is 14.7. The van der Waals surface area contributed by atoms with E-state index in [0.717, 1.165) is 22.1 Å². The maximum absolute atomic E-state index is 12.3. The van der Waals surface area contributed by atoms with Crippen molar-refractivity contribution in [2.24, 2.45) is 0 Å². The van der Waals surface area contributed by atoms with Gasteiger partial charge in [-0.1, -0.05) is 48.0 Å². The molecular formula is C20H16O3. The second-order valence-electron chi connectivity index (χ2n) is 5.54. The lowest BCUT2D eigenvalue weighted by Crippen LogP contribution is -2.11. The number of para-hydroxylation sites is 1. The van der Waals surface area contributed by atoms with E-state index >= 15 is 0 Å². The third-order valence-corrected chi connectivity index (χ3v) is 3.76. The van der Waals surface area contributed by atoms with Crippen LogP contribution in [0.1, 0.15) is 27.0 Å². The molecule has 0 saturated heterocycles. The first-order valence-corrected chi connectivity index (χ1v) is 7.37. The molecule has 0 saturated carbocycles. The smallest absolute Gasteiger partial charge is 0.347 e. The summed E-state index contributed by atoms with van der Waals surface area (Å²) < 4.78 is 5.20. The molecule has 1 aromatic heterocycles. The molecule has 2 aromatic carbocycles. The van der Waals surface area contributed by atoms with Gasteiger partial charge in [-0.15, -0.1) is 0 Å². The number of hydrogen-bond donors (Lipinski definition) is 0. The van der Waals surface area contributed by atoms with E-state index in [4.69, 9.17) is 4.42 Å². The van der Waals surface area contributed by atoms with Crippen molar-refractivity contribution in [2.75, 3.05) is 0 Å². The predicted molar refractivity (Wildman–Crippen MR) is 91.8 cm³/mol. The average molecular weight is 304 g/mol. The van der Waals surface area contributed by atoms with Gasteiger partial charge in [-0.25, -0.2) is 4.79 Å². The van der Waals surface area contributed by atoms with Crippen molar-refractivity contribution in [3.8, 4) is 0 Å². The van der Waals surface area contributed by atoms with Crippen LogP contribution in [0.4, 0.5) is 0 Å². The van der Waals surface area contributed by atoms with E-state index in [1.165, 1.54) is 6.08 Å². The van der Waals surface area contributed by atoms with E-state index in [-0.39, 0.29) is 11.3 Å². The van der Waals surface area contributed by atoms with Gasteiger partial charge in [0.25, 0.3) is 0 Å². The number of carbonyl (C=O) groups excluding carboxylic acids is 1. The van der Waals surface area contributed by atoms with Crippen molar-refractivity contribution in [1.29, 1.82) is 0 Å². The summed E-state index contributed by atoms with van der Waals surface area (Å²) in [5, 5.41) is 0.732. The summed E-state index contributed by atoms with van der Waals surface area (Å²) >= 11 is 0. The molecule has 0 N–H and O–H groups in total. The molecule has 0 bridgehead atoms. The molecule has 0 aliphatic carbocycles. The summed E-state index contributed by atoms with van der Waals surface area (Å²) in [4.78, 5) is 24.3. The van der Waals surface area contributed by atoms with Gasteiger partial charge in [-0.3, -0.25) is 4.79 Å². The van der Waals surface area contributed by atoms with E-state index in [9.17, 15) is 9.59 Å². The molecule has 1 heterocycles. The Kier molecular flexibility index (Phi) is 3.94. The molecule has 23 heavy (non-hydrogen) atoms. The Morgan fingerprint density at radius 3 is 2.65 bits per heavy atom. The fourth-order valence-corrected chi connectivity index (χ4v) is 2.43. The zero-order valence-corrected chi connectivity index (χ0v) is 13.0. The highest BCUT2D eigenvalue weighted by molar-refractivity contribution is 6.07. The van der Waals surface area contributed by atoms with E-state index in [1.807, 2.05) is 44.2 Å². The Bertz CT molecular complexity index is 978. The van der Waals surface area contributed by atoms with Crippen molar-refractivity contribution in [3.63, 3.8) is 0 Å². The minimum atomic E-state index is -0.612. The Morgan fingerprint density at radius 1 is 1.04 bits per heavy atom. The van der Waals surface area contributed by atoms with Gasteiger partial charge >= 0.3 is 5.63 Å². The molecule has 0 fully saturated rings. The maximum Gasteiger partial charge on any atom is 0.347 e. The van der Waals surface area contributed by atoms with Crippen molar-refractivity contribution in [2.45, 2.75) is 13.8 Å². The van der Waals surface area contributed by atoms with Crippen LogP contribution in [0.25, 0.3) is 17.0 Å². The molecule has 3 aromatic rings. The molecule has 0 atom stereocenters. The van der Waals surface area contributed by atoms with E-state index in [1.54, 1.807) is 24.3 Å². The van der Waals surface area contributed by atoms with Crippen LogP contribution in [0.2, 0.25) is 0 Å². The summed E-state index contributed by atoms with van der Waals surface area (Å²) in [5.74, 6) is -0.356. The van der Waals surface area contributed by atoms with Crippen molar-refractivity contribution < 1.29 is 9.21 Å². The quantitative estimate of drug-likeness (QED) is 0.411. The molecule has 3 nitrogen and oxygen atoms in total. The lowest BCUT2D eigenvalue weighted by molar-refractivity contribution is 0.104. The maximum atomic E-state index is 12.3. The summed E-state index contributed by atoms with van der Waals surface area (Å²) in [6.07, 6.45) is 3.15. The highest BCUT2D eigenvalue weighted by Gasteiger charge is 2.11. The molecule has 0 aliphatic rings. The average Bonchev–Trinajstić information content (AvgIpc) is 2.54. The largest absolute Gasteiger partial charge is 0.422 e. The number of fused-ring (bicyclic) bond motifs is 1. The lowest BCUT2D eigenvalue weighted by Gasteiger charge is -2.02. The lowest BCUT2D eigenvalue weighted by atomic mass is 10.0. The van der Waals surface area contributed by atoms with Gasteiger partial charge in [0.15, 0.2) is 5.78 Å². The van der Waals surface area contributed by atoms with Gasteiger partial charge < -0.3 is 4.42 Å². The Morgan fingerprint density at radius 2 is 1.83 bits per heavy atom. The van der Waals surface area contributed by atoms with E-state index in [0.29, 0.717) is 5.58 Å². The predicted octanol–water partition coefficient (Wildman–Crippen LogP) is 4.31. The van der Waals surface area contributed by atoms with Gasteiger partial charge in [0.2, 0.25) is 0 Å². The SMILES string of the molecule is Cc1ccc(C)c(/C=C/C(=O)c2cc3ccccc3oc2=O)c1. The fraction of sp³-hybridized carbons (Fsp3) is 0.100. The van der Waals surface area contributed by atoms with Gasteiger partial charge in [0.1, 0.15) is 11.1 Å². The van der Waals surface area contributed by atoms with Gasteiger partial charge in [-0.2, -0.15) is 0 Å². The molecule has 0 aliphatic heterocycles. The highest BCUT2D eigenvalue weighted by Crippen LogP contribution is 2.15. The number of rotatable bonds is 3. The van der Waals surface area contributed by atoms with Crippen LogP contribution < -0.4 is 5.63 Å². The number of ketones is 1. The first-order chi connectivity index (χ1) is 11.0. The first kappa shape index (κ1) is 15.0. The second-order valence-corrected chi connectivity index (χ2v) is 5.54. The zero-order chi connectivity index (χ0) is 16.4. The van der Waals surface area contributed by atoms with Crippen LogP contribution in [0.5, 0.6) is 0 Å².